The van der Waals surface area contributed by atoms with E-state index in [2.05, 4.69) is 21.9 Å². The van der Waals surface area contributed by atoms with Gasteiger partial charge in [0.15, 0.2) is 0 Å². The molecule has 6 heteroatoms. The number of hydrogen-bond donors (Lipinski definition) is 0. The molecule has 0 unspecified atom stereocenters. The first-order valence-corrected chi connectivity index (χ1v) is 11.0. The van der Waals surface area contributed by atoms with E-state index >= 15 is 0 Å². The van der Waals surface area contributed by atoms with Crippen LogP contribution in [0.5, 0.6) is 0 Å². The number of rotatable bonds is 5. The largest absolute Gasteiger partial charge is 0.437 e. The van der Waals surface area contributed by atoms with E-state index in [1.165, 1.54) is 37.7 Å². The number of benzene rings is 2. The van der Waals surface area contributed by atoms with Crippen molar-refractivity contribution in [3.05, 3.63) is 66.2 Å². The summed E-state index contributed by atoms with van der Waals surface area (Å²) in [6.45, 7) is 0. The van der Waals surface area contributed by atoms with Crippen LogP contribution >= 0.6 is 0 Å². The molecule has 5 rings (SSSR count). The molecule has 0 radical (unpaired) electrons. The Morgan fingerprint density at radius 1 is 0.969 bits per heavy atom. The van der Waals surface area contributed by atoms with Gasteiger partial charge < -0.3 is 9.32 Å². The minimum absolute atomic E-state index is 0.297. The average molecular weight is 429 g/mol. The topological polar surface area (TPSA) is 59.2 Å². The van der Waals surface area contributed by atoms with Crippen molar-refractivity contribution in [1.82, 2.24) is 9.97 Å². The van der Waals surface area contributed by atoms with Gasteiger partial charge in [-0.05, 0) is 30.5 Å². The quantitative estimate of drug-likeness (QED) is 0.350. The van der Waals surface area contributed by atoms with E-state index in [0.717, 1.165) is 47.0 Å². The third-order valence-corrected chi connectivity index (χ3v) is 6.37. The molecule has 1 saturated carbocycles. The van der Waals surface area contributed by atoms with Crippen LogP contribution in [0.2, 0.25) is 0 Å². The highest BCUT2D eigenvalue weighted by molar-refractivity contribution is 6.06. The van der Waals surface area contributed by atoms with Crippen molar-refractivity contribution < 1.29 is 13.6 Å². The second-order valence-electron chi connectivity index (χ2n) is 8.33. The summed E-state index contributed by atoms with van der Waals surface area (Å²) < 4.78 is 20.0. The Morgan fingerprint density at radius 3 is 2.34 bits per heavy atom. The molecule has 0 saturated heterocycles. The highest BCUT2D eigenvalue weighted by Gasteiger charge is 2.27. The molecule has 0 spiro atoms. The highest BCUT2D eigenvalue weighted by atomic mass is 19.1. The number of carbonyl (C=O) groups is 1. The summed E-state index contributed by atoms with van der Waals surface area (Å²) in [6.07, 6.45) is 8.32. The van der Waals surface area contributed by atoms with Crippen LogP contribution in [-0.2, 0) is 0 Å². The minimum Gasteiger partial charge on any atom is -0.437 e. The molecule has 1 aliphatic carbocycles. The molecule has 2 aromatic carbocycles. The maximum absolute atomic E-state index is 13.7. The SMILES string of the molecule is CN(c1ncnc2oc(-c3ccc(C=O)cc3)c(-c3ccc(F)cc3)c12)C1CCCCC1. The van der Waals surface area contributed by atoms with E-state index in [4.69, 9.17) is 4.42 Å². The smallest absolute Gasteiger partial charge is 0.232 e. The normalized spacial score (nSPS) is 14.6. The average Bonchev–Trinajstić information content (AvgIpc) is 3.24. The summed E-state index contributed by atoms with van der Waals surface area (Å²) in [4.78, 5) is 22.4. The lowest BCUT2D eigenvalue weighted by atomic mass is 9.94. The fourth-order valence-corrected chi connectivity index (χ4v) is 4.64. The van der Waals surface area contributed by atoms with E-state index in [-0.39, 0.29) is 5.82 Å². The number of nitrogens with zero attached hydrogens (tertiary/aromatic N) is 3. The van der Waals surface area contributed by atoms with Gasteiger partial charge >= 0.3 is 0 Å². The van der Waals surface area contributed by atoms with Gasteiger partial charge in [-0.2, -0.15) is 0 Å². The van der Waals surface area contributed by atoms with Gasteiger partial charge in [0.05, 0.1) is 5.39 Å². The van der Waals surface area contributed by atoms with Crippen LogP contribution in [-0.4, -0.2) is 29.3 Å². The fourth-order valence-electron chi connectivity index (χ4n) is 4.64. The van der Waals surface area contributed by atoms with Crippen molar-refractivity contribution in [2.75, 3.05) is 11.9 Å². The molecule has 2 aromatic heterocycles. The molecule has 2 heterocycles. The summed E-state index contributed by atoms with van der Waals surface area (Å²) >= 11 is 0. The number of anilines is 1. The Hall–Kier alpha value is -3.54. The van der Waals surface area contributed by atoms with Gasteiger partial charge in [0.1, 0.15) is 30.0 Å². The number of carbonyl (C=O) groups excluding carboxylic acids is 1. The third-order valence-electron chi connectivity index (χ3n) is 6.37. The molecule has 32 heavy (non-hydrogen) atoms. The monoisotopic (exact) mass is 429 g/mol. The predicted octanol–water partition coefficient (Wildman–Crippen LogP) is 6.28. The maximum Gasteiger partial charge on any atom is 0.232 e. The van der Waals surface area contributed by atoms with Crippen LogP contribution in [0.3, 0.4) is 0 Å². The Balaban J connectivity index is 1.73. The van der Waals surface area contributed by atoms with Gasteiger partial charge in [-0.3, -0.25) is 4.79 Å². The molecular formula is C26H24FN3O2. The van der Waals surface area contributed by atoms with Crippen molar-refractivity contribution in [3.8, 4) is 22.5 Å². The lowest BCUT2D eigenvalue weighted by molar-refractivity contribution is 0.112. The molecule has 0 amide bonds. The zero-order valence-electron chi connectivity index (χ0n) is 17.9. The van der Waals surface area contributed by atoms with Crippen molar-refractivity contribution in [3.63, 3.8) is 0 Å². The molecular weight excluding hydrogens is 405 g/mol. The standard InChI is InChI=1S/C26H24FN3O2/c1-30(21-5-3-2-4-6-21)25-23-22(18-11-13-20(27)14-12-18)24(32-26(23)29-16-28-25)19-9-7-17(15-31)8-10-19/h7-16,21H,2-6H2,1H3. The Morgan fingerprint density at radius 2 is 1.66 bits per heavy atom. The molecule has 1 aliphatic rings. The first-order valence-electron chi connectivity index (χ1n) is 11.0. The van der Waals surface area contributed by atoms with E-state index in [9.17, 15) is 9.18 Å². The zero-order chi connectivity index (χ0) is 22.1. The molecule has 5 nitrogen and oxygen atoms in total. The summed E-state index contributed by atoms with van der Waals surface area (Å²) in [7, 11) is 2.08. The number of aromatic nitrogens is 2. The van der Waals surface area contributed by atoms with Gasteiger partial charge in [0.2, 0.25) is 5.71 Å². The summed E-state index contributed by atoms with van der Waals surface area (Å²) in [5, 5.41) is 0.821. The van der Waals surface area contributed by atoms with Crippen LogP contribution in [0.1, 0.15) is 42.5 Å². The lowest BCUT2D eigenvalue weighted by Crippen LogP contribution is -2.34. The first kappa shape index (κ1) is 20.4. The maximum atomic E-state index is 13.7. The Labute approximate surface area is 185 Å². The van der Waals surface area contributed by atoms with Gasteiger partial charge in [-0.25, -0.2) is 14.4 Å². The van der Waals surface area contributed by atoms with E-state index in [0.29, 0.717) is 23.1 Å². The number of furan rings is 1. The molecule has 162 valence electrons. The summed E-state index contributed by atoms with van der Waals surface area (Å²) in [6, 6.07) is 14.0. The molecule has 0 N–H and O–H groups in total. The Bertz CT molecular complexity index is 1240. The fraction of sp³-hybridized carbons (Fsp3) is 0.269. The predicted molar refractivity (Wildman–Crippen MR) is 123 cm³/mol. The van der Waals surface area contributed by atoms with E-state index < -0.39 is 0 Å². The van der Waals surface area contributed by atoms with E-state index in [1.54, 1.807) is 24.3 Å². The van der Waals surface area contributed by atoms with Gasteiger partial charge in [0.25, 0.3) is 0 Å². The molecule has 0 atom stereocenters. The van der Waals surface area contributed by atoms with Crippen molar-refractivity contribution in [2.45, 2.75) is 38.1 Å². The second kappa shape index (κ2) is 8.54. The number of aldehydes is 1. The van der Waals surface area contributed by atoms with Crippen molar-refractivity contribution in [1.29, 1.82) is 0 Å². The number of fused-ring (bicyclic) bond motifs is 1. The third kappa shape index (κ3) is 3.66. The lowest BCUT2D eigenvalue weighted by Gasteiger charge is -2.32. The molecule has 1 fully saturated rings. The number of hydrogen-bond acceptors (Lipinski definition) is 5. The van der Waals surface area contributed by atoms with Crippen LogP contribution in [0.4, 0.5) is 10.2 Å². The van der Waals surface area contributed by atoms with Crippen LogP contribution in [0.25, 0.3) is 33.6 Å². The van der Waals surface area contributed by atoms with Crippen molar-refractivity contribution in [2.24, 2.45) is 0 Å². The van der Waals surface area contributed by atoms with Gasteiger partial charge in [-0.1, -0.05) is 55.7 Å². The van der Waals surface area contributed by atoms with Gasteiger partial charge in [-0.15, -0.1) is 0 Å². The van der Waals surface area contributed by atoms with Crippen LogP contribution < -0.4 is 4.90 Å². The van der Waals surface area contributed by atoms with Gasteiger partial charge in [0, 0.05) is 29.8 Å². The Kier molecular flexibility index (Phi) is 5.43. The number of halogens is 1. The summed E-state index contributed by atoms with van der Waals surface area (Å²) in [5.74, 6) is 1.15. The van der Waals surface area contributed by atoms with Crippen LogP contribution in [0.15, 0.2) is 59.3 Å². The molecule has 0 aliphatic heterocycles. The summed E-state index contributed by atoms with van der Waals surface area (Å²) in [5.41, 5.74) is 3.56. The first-order chi connectivity index (χ1) is 15.7. The molecule has 0 bridgehead atoms. The molecule has 4 aromatic rings. The van der Waals surface area contributed by atoms with Crippen molar-refractivity contribution >= 4 is 23.2 Å². The minimum atomic E-state index is -0.297. The second-order valence-corrected chi connectivity index (χ2v) is 8.33. The van der Waals surface area contributed by atoms with E-state index in [1.807, 2.05) is 12.1 Å². The zero-order valence-corrected chi connectivity index (χ0v) is 17.9. The van der Waals surface area contributed by atoms with Crippen LogP contribution in [0, 0.1) is 5.82 Å². The highest BCUT2D eigenvalue weighted by Crippen LogP contribution is 2.44.